The number of methoxy groups -OCH3 is 1. The second kappa shape index (κ2) is 11.8. The van der Waals surface area contributed by atoms with E-state index in [1.165, 1.54) is 4.90 Å². The van der Waals surface area contributed by atoms with E-state index in [9.17, 15) is 9.59 Å². The Morgan fingerprint density at radius 2 is 1.68 bits per heavy atom. The molecular weight excluding hydrogens is 439 g/mol. The number of hydrogen-bond donors (Lipinski definition) is 1. The molecule has 2 amide bonds. The summed E-state index contributed by atoms with van der Waals surface area (Å²) in [6.07, 6.45) is 0.791. The Hall–Kier alpha value is -2.44. The summed E-state index contributed by atoms with van der Waals surface area (Å²) in [5.74, 6) is 0.663. The molecule has 0 saturated carbocycles. The van der Waals surface area contributed by atoms with Gasteiger partial charge in [-0.15, -0.1) is 0 Å². The number of benzene rings is 2. The third-order valence-electron chi connectivity index (χ3n) is 4.93. The highest BCUT2D eigenvalue weighted by atomic mass is 35.5. The van der Waals surface area contributed by atoms with Crippen LogP contribution in [0.15, 0.2) is 42.5 Å². The van der Waals surface area contributed by atoms with Crippen LogP contribution >= 0.6 is 23.2 Å². The summed E-state index contributed by atoms with van der Waals surface area (Å²) in [7, 11) is 1.58. The average molecular weight is 467 g/mol. The Bertz CT molecular complexity index is 890. The van der Waals surface area contributed by atoms with E-state index in [0.717, 1.165) is 12.0 Å². The summed E-state index contributed by atoms with van der Waals surface area (Å²) in [4.78, 5) is 27.2. The lowest BCUT2D eigenvalue weighted by atomic mass is 10.1. The van der Waals surface area contributed by atoms with Gasteiger partial charge >= 0.3 is 0 Å². The van der Waals surface area contributed by atoms with Gasteiger partial charge in [-0.05, 0) is 62.2 Å². The van der Waals surface area contributed by atoms with Gasteiger partial charge in [0.05, 0.1) is 17.2 Å². The van der Waals surface area contributed by atoms with Crippen molar-refractivity contribution in [1.29, 1.82) is 0 Å². The zero-order chi connectivity index (χ0) is 23.0. The molecule has 6 nitrogen and oxygen atoms in total. The molecule has 31 heavy (non-hydrogen) atoms. The Labute approximate surface area is 193 Å². The van der Waals surface area contributed by atoms with Gasteiger partial charge in [0.1, 0.15) is 17.5 Å². The summed E-state index contributed by atoms with van der Waals surface area (Å²) in [6.45, 7) is 5.57. The first kappa shape index (κ1) is 24.8. The first-order valence-electron chi connectivity index (χ1n) is 10.1. The molecule has 2 rings (SSSR count). The number of ether oxygens (including phenoxy) is 2. The highest BCUT2D eigenvalue weighted by Gasteiger charge is 2.27. The average Bonchev–Trinajstić information content (AvgIpc) is 2.77. The Morgan fingerprint density at radius 1 is 1.03 bits per heavy atom. The first-order chi connectivity index (χ1) is 14.7. The summed E-state index contributed by atoms with van der Waals surface area (Å²) in [5.41, 5.74) is 0.760. The Balaban J connectivity index is 2.16. The lowest BCUT2D eigenvalue weighted by Gasteiger charge is -2.29. The highest BCUT2D eigenvalue weighted by Crippen LogP contribution is 2.24. The zero-order valence-corrected chi connectivity index (χ0v) is 19.7. The number of nitrogens with zero attached hydrogens (tertiary/aromatic N) is 1. The van der Waals surface area contributed by atoms with E-state index in [4.69, 9.17) is 32.7 Å². The fourth-order valence-corrected chi connectivity index (χ4v) is 3.10. The van der Waals surface area contributed by atoms with Crippen molar-refractivity contribution in [2.75, 3.05) is 13.7 Å². The molecule has 0 aliphatic rings. The van der Waals surface area contributed by atoms with Gasteiger partial charge in [0.25, 0.3) is 5.91 Å². The van der Waals surface area contributed by atoms with Crippen LogP contribution in [0.4, 0.5) is 0 Å². The van der Waals surface area contributed by atoms with Gasteiger partial charge in [-0.3, -0.25) is 9.59 Å². The number of rotatable bonds is 10. The number of nitrogens with one attached hydrogen (secondary N) is 1. The first-order valence-corrected chi connectivity index (χ1v) is 10.8. The minimum Gasteiger partial charge on any atom is -0.497 e. The predicted octanol–water partition coefficient (Wildman–Crippen LogP) is 4.71. The molecule has 0 bridgehead atoms. The van der Waals surface area contributed by atoms with Gasteiger partial charge in [-0.25, -0.2) is 0 Å². The van der Waals surface area contributed by atoms with E-state index in [-0.39, 0.29) is 31.0 Å². The van der Waals surface area contributed by atoms with E-state index >= 15 is 0 Å². The lowest BCUT2D eigenvalue weighted by Crippen LogP contribution is -2.50. The molecule has 0 aliphatic carbocycles. The largest absolute Gasteiger partial charge is 0.497 e. The topological polar surface area (TPSA) is 67.9 Å². The summed E-state index contributed by atoms with van der Waals surface area (Å²) < 4.78 is 10.8. The van der Waals surface area contributed by atoms with Crippen LogP contribution in [0, 0.1) is 0 Å². The van der Waals surface area contributed by atoms with Crippen LogP contribution < -0.4 is 14.8 Å². The molecule has 0 radical (unpaired) electrons. The maximum Gasteiger partial charge on any atom is 0.261 e. The van der Waals surface area contributed by atoms with Gasteiger partial charge < -0.3 is 19.7 Å². The van der Waals surface area contributed by atoms with E-state index in [1.807, 2.05) is 13.8 Å². The van der Waals surface area contributed by atoms with Gasteiger partial charge in [0.2, 0.25) is 5.91 Å². The van der Waals surface area contributed by atoms with E-state index in [0.29, 0.717) is 21.5 Å². The maximum atomic E-state index is 13.0. The molecule has 0 saturated heterocycles. The quantitative estimate of drug-likeness (QED) is 0.550. The summed E-state index contributed by atoms with van der Waals surface area (Å²) in [6, 6.07) is 11.4. The molecule has 2 aromatic carbocycles. The fourth-order valence-electron chi connectivity index (χ4n) is 2.78. The van der Waals surface area contributed by atoms with Crippen molar-refractivity contribution in [3.8, 4) is 11.5 Å². The van der Waals surface area contributed by atoms with Crippen molar-refractivity contribution in [2.24, 2.45) is 0 Å². The minimum atomic E-state index is -0.699. The third kappa shape index (κ3) is 7.33. The van der Waals surface area contributed by atoms with Crippen molar-refractivity contribution in [2.45, 2.75) is 45.8 Å². The lowest BCUT2D eigenvalue weighted by molar-refractivity contribution is -0.142. The van der Waals surface area contributed by atoms with Gasteiger partial charge in [0, 0.05) is 12.6 Å². The molecule has 0 spiro atoms. The Kier molecular flexibility index (Phi) is 9.46. The van der Waals surface area contributed by atoms with Crippen molar-refractivity contribution in [1.82, 2.24) is 10.2 Å². The maximum absolute atomic E-state index is 13.0. The molecule has 0 heterocycles. The second-order valence-corrected chi connectivity index (χ2v) is 8.04. The standard InChI is InChI=1S/C23H28Cl2N2O4/c1-5-15(2)26-23(29)16(3)27(13-17-6-11-20(24)21(25)12-17)22(28)14-31-19-9-7-18(30-4)8-10-19/h6-12,15-16H,5,13-14H2,1-4H3,(H,26,29)/t15-,16+/m1/s1. The van der Waals surface area contributed by atoms with Gasteiger partial charge in [-0.1, -0.05) is 36.2 Å². The predicted molar refractivity (Wildman–Crippen MR) is 123 cm³/mol. The number of carbonyl (C=O) groups excluding carboxylic acids is 2. The molecule has 0 aliphatic heterocycles. The van der Waals surface area contributed by atoms with Crippen molar-refractivity contribution in [3.63, 3.8) is 0 Å². The zero-order valence-electron chi connectivity index (χ0n) is 18.2. The summed E-state index contributed by atoms with van der Waals surface area (Å²) in [5, 5.41) is 3.73. The molecule has 168 valence electrons. The van der Waals surface area contributed by atoms with Crippen LogP contribution in [0.5, 0.6) is 11.5 Å². The molecule has 0 fully saturated rings. The number of amides is 2. The van der Waals surface area contributed by atoms with Crippen LogP contribution in [0.2, 0.25) is 10.0 Å². The smallest absolute Gasteiger partial charge is 0.261 e. The SMILES string of the molecule is CC[C@@H](C)NC(=O)[C@H](C)N(Cc1ccc(Cl)c(Cl)c1)C(=O)COc1ccc(OC)cc1. The third-order valence-corrected chi connectivity index (χ3v) is 5.67. The van der Waals surface area contributed by atoms with E-state index in [1.54, 1.807) is 56.5 Å². The molecule has 2 aromatic rings. The molecule has 2 atom stereocenters. The van der Waals surface area contributed by atoms with E-state index in [2.05, 4.69) is 5.32 Å². The molecule has 0 unspecified atom stereocenters. The summed E-state index contributed by atoms with van der Waals surface area (Å²) >= 11 is 12.1. The van der Waals surface area contributed by atoms with Crippen LogP contribution in [0.25, 0.3) is 0 Å². The van der Waals surface area contributed by atoms with Crippen molar-refractivity contribution in [3.05, 3.63) is 58.1 Å². The molecule has 1 N–H and O–H groups in total. The number of carbonyl (C=O) groups is 2. The van der Waals surface area contributed by atoms with Crippen LogP contribution in [-0.2, 0) is 16.1 Å². The monoisotopic (exact) mass is 466 g/mol. The second-order valence-electron chi connectivity index (χ2n) is 7.23. The van der Waals surface area contributed by atoms with Crippen LogP contribution in [-0.4, -0.2) is 42.5 Å². The van der Waals surface area contributed by atoms with Crippen molar-refractivity contribution < 1.29 is 19.1 Å². The number of halogens is 2. The van der Waals surface area contributed by atoms with Crippen LogP contribution in [0.1, 0.15) is 32.8 Å². The normalized spacial score (nSPS) is 12.6. The van der Waals surface area contributed by atoms with Crippen LogP contribution in [0.3, 0.4) is 0 Å². The van der Waals surface area contributed by atoms with Crippen molar-refractivity contribution >= 4 is 35.0 Å². The van der Waals surface area contributed by atoms with Gasteiger partial charge in [0.15, 0.2) is 6.61 Å². The fraction of sp³-hybridized carbons (Fsp3) is 0.391. The highest BCUT2D eigenvalue weighted by molar-refractivity contribution is 6.42. The Morgan fingerprint density at radius 3 is 2.26 bits per heavy atom. The molecule has 8 heteroatoms. The number of hydrogen-bond acceptors (Lipinski definition) is 4. The van der Waals surface area contributed by atoms with Gasteiger partial charge in [-0.2, -0.15) is 0 Å². The minimum absolute atomic E-state index is 0.00688. The van der Waals surface area contributed by atoms with E-state index < -0.39 is 6.04 Å². The molecule has 0 aromatic heterocycles. The molecular formula is C23H28Cl2N2O4.